The zero-order chi connectivity index (χ0) is 34.4. The lowest BCUT2D eigenvalue weighted by Gasteiger charge is -2.59. The van der Waals surface area contributed by atoms with E-state index in [-0.39, 0.29) is 23.6 Å². The van der Waals surface area contributed by atoms with Crippen molar-refractivity contribution in [2.45, 2.75) is 234 Å². The zero-order valence-electron chi connectivity index (χ0n) is 31.0. The van der Waals surface area contributed by atoms with Crippen molar-refractivity contribution < 1.29 is 19.2 Å². The highest BCUT2D eigenvalue weighted by molar-refractivity contribution is 6.11. The molecule has 0 unspecified atom stereocenters. The Morgan fingerprint density at radius 1 is 0.429 bits per heavy atom. The van der Waals surface area contributed by atoms with E-state index in [2.05, 4.69) is 17.6 Å². The molecule has 4 aliphatic carbocycles. The summed E-state index contributed by atoms with van der Waals surface area (Å²) >= 11 is 0. The highest BCUT2D eigenvalue weighted by atomic mass is 16.2. The summed E-state index contributed by atoms with van der Waals surface area (Å²) in [4.78, 5) is 63.2. The molecule has 276 valence electrons. The van der Waals surface area contributed by atoms with Gasteiger partial charge in [0.2, 0.25) is 0 Å². The van der Waals surface area contributed by atoms with Gasteiger partial charge in [-0.15, -0.1) is 0 Å². The van der Waals surface area contributed by atoms with Crippen molar-refractivity contribution in [3.05, 3.63) is 0 Å². The zero-order valence-corrected chi connectivity index (χ0v) is 31.0. The van der Waals surface area contributed by atoms with E-state index in [1.165, 1.54) is 44.9 Å². The number of carbonyl (C=O) groups is 4. The molecule has 6 aliphatic rings. The number of imide groups is 2. The Kier molecular flexibility index (Phi) is 12.3. The Labute approximate surface area is 297 Å². The van der Waals surface area contributed by atoms with Gasteiger partial charge in [0.05, 0.1) is 22.2 Å². The molecule has 0 bridgehead atoms. The molecule has 4 spiro atoms. The van der Waals surface area contributed by atoms with Gasteiger partial charge in [0.15, 0.2) is 0 Å². The highest BCUT2D eigenvalue weighted by Gasteiger charge is 2.64. The van der Waals surface area contributed by atoms with E-state index in [4.69, 9.17) is 0 Å². The number of piperazine rings is 2. The maximum absolute atomic E-state index is 15.0. The van der Waals surface area contributed by atoms with Gasteiger partial charge >= 0.3 is 0 Å². The summed E-state index contributed by atoms with van der Waals surface area (Å²) in [6.45, 7) is 2.25. The second kappa shape index (κ2) is 16.3. The first-order chi connectivity index (χ1) is 23.8. The van der Waals surface area contributed by atoms with Crippen LogP contribution < -0.4 is 10.6 Å². The number of amides is 4. The Balaban J connectivity index is 1.33. The topological polar surface area (TPSA) is 98.8 Å². The van der Waals surface area contributed by atoms with Crippen LogP contribution in [-0.2, 0) is 19.2 Å². The lowest BCUT2D eigenvalue weighted by Crippen LogP contribution is -2.83. The van der Waals surface area contributed by atoms with E-state index in [1.54, 1.807) is 9.80 Å². The van der Waals surface area contributed by atoms with E-state index in [1.807, 2.05) is 0 Å². The SMILES string of the molecule is CCCCCCCCCCCCC(N1C(=O)C2(CCCCC2)NC2(CCCCC2)C1=O)N1C(=O)C2(CCCCC2)NC2(CCCCC2)C1=O. The van der Waals surface area contributed by atoms with Crippen molar-refractivity contribution in [1.82, 2.24) is 20.4 Å². The third-order valence-corrected chi connectivity index (χ3v) is 13.7. The normalized spacial score (nSPS) is 26.5. The number of nitrogens with one attached hydrogen (secondary N) is 2. The van der Waals surface area contributed by atoms with Gasteiger partial charge in [-0.2, -0.15) is 0 Å². The lowest BCUT2D eigenvalue weighted by atomic mass is 9.70. The number of rotatable bonds is 13. The van der Waals surface area contributed by atoms with Crippen molar-refractivity contribution >= 4 is 23.6 Å². The van der Waals surface area contributed by atoms with Crippen LogP contribution in [0.2, 0.25) is 0 Å². The third-order valence-electron chi connectivity index (χ3n) is 13.7. The quantitative estimate of drug-likeness (QED) is 0.150. The fraction of sp³-hybridized carbons (Fsp3) is 0.902. The molecule has 2 saturated heterocycles. The molecular formula is C41H68N4O4. The molecule has 6 fully saturated rings. The Morgan fingerprint density at radius 3 is 0.980 bits per heavy atom. The minimum absolute atomic E-state index is 0.167. The Morgan fingerprint density at radius 2 is 0.694 bits per heavy atom. The van der Waals surface area contributed by atoms with Gasteiger partial charge < -0.3 is 0 Å². The summed E-state index contributed by atoms with van der Waals surface area (Å²) in [7, 11) is 0. The molecule has 6 rings (SSSR count). The molecule has 8 heteroatoms. The molecule has 0 aromatic carbocycles. The average Bonchev–Trinajstić information content (AvgIpc) is 3.12. The molecular weight excluding hydrogens is 612 g/mol. The minimum Gasteiger partial charge on any atom is -0.290 e. The number of carbonyl (C=O) groups excluding carboxylic acids is 4. The predicted octanol–water partition coefficient (Wildman–Crippen LogP) is 8.35. The van der Waals surface area contributed by atoms with Gasteiger partial charge in [0, 0.05) is 0 Å². The van der Waals surface area contributed by atoms with Crippen LogP contribution in [0.5, 0.6) is 0 Å². The van der Waals surface area contributed by atoms with Crippen LogP contribution in [0.15, 0.2) is 0 Å². The van der Waals surface area contributed by atoms with E-state index in [9.17, 15) is 0 Å². The summed E-state index contributed by atoms with van der Waals surface area (Å²) < 4.78 is 0. The summed E-state index contributed by atoms with van der Waals surface area (Å²) in [5.74, 6) is -0.667. The Hall–Kier alpha value is -1.80. The van der Waals surface area contributed by atoms with Crippen LogP contribution in [-0.4, -0.2) is 61.8 Å². The van der Waals surface area contributed by atoms with Crippen LogP contribution in [0.25, 0.3) is 0 Å². The molecule has 8 nitrogen and oxygen atoms in total. The van der Waals surface area contributed by atoms with Gasteiger partial charge in [0.25, 0.3) is 23.6 Å². The number of unbranched alkanes of at least 4 members (excludes halogenated alkanes) is 9. The van der Waals surface area contributed by atoms with Crippen LogP contribution in [0.3, 0.4) is 0 Å². The highest BCUT2D eigenvalue weighted by Crippen LogP contribution is 2.46. The summed E-state index contributed by atoms with van der Waals surface area (Å²) in [5.41, 5.74) is -3.15. The fourth-order valence-electron chi connectivity index (χ4n) is 10.9. The summed E-state index contributed by atoms with van der Waals surface area (Å²) in [6, 6.07) is 0. The molecule has 2 N–H and O–H groups in total. The van der Waals surface area contributed by atoms with Crippen LogP contribution in [0.4, 0.5) is 0 Å². The Bertz CT molecular complexity index is 1010. The molecule has 2 heterocycles. The largest absolute Gasteiger partial charge is 0.290 e. The molecule has 0 atom stereocenters. The maximum Gasteiger partial charge on any atom is 0.251 e. The maximum atomic E-state index is 15.0. The van der Waals surface area contributed by atoms with E-state index >= 15 is 19.2 Å². The molecule has 4 amide bonds. The first kappa shape index (κ1) is 37.0. The van der Waals surface area contributed by atoms with Gasteiger partial charge in [-0.1, -0.05) is 142 Å². The van der Waals surface area contributed by atoms with E-state index < -0.39 is 28.3 Å². The number of hydrogen-bond acceptors (Lipinski definition) is 6. The minimum atomic E-state index is -0.839. The molecule has 0 radical (unpaired) electrons. The van der Waals surface area contributed by atoms with E-state index in [0.717, 1.165) is 148 Å². The van der Waals surface area contributed by atoms with Crippen molar-refractivity contribution in [2.75, 3.05) is 0 Å². The standard InChI is InChI=1S/C41H68N4O4/c1-2-3-4-5-6-7-8-9-10-15-24-33(44-34(46)38(25-16-11-17-26-38)42-39(35(44)47)27-18-12-19-28-39)45-36(48)40(29-20-13-21-30-40)43-41(37(45)49)31-22-14-23-32-41/h33,42-43H,2-32H2,1H3. The van der Waals surface area contributed by atoms with Crippen LogP contribution in [0, 0.1) is 0 Å². The smallest absolute Gasteiger partial charge is 0.251 e. The molecule has 2 aliphatic heterocycles. The second-order valence-corrected chi connectivity index (χ2v) is 17.2. The second-order valence-electron chi connectivity index (χ2n) is 17.2. The number of nitrogens with zero attached hydrogens (tertiary/aromatic N) is 2. The predicted molar refractivity (Wildman–Crippen MR) is 193 cm³/mol. The average molecular weight is 681 g/mol. The van der Waals surface area contributed by atoms with Gasteiger partial charge in [0.1, 0.15) is 6.17 Å². The lowest BCUT2D eigenvalue weighted by molar-refractivity contribution is -0.184. The first-order valence-electron chi connectivity index (χ1n) is 21.2. The first-order valence-corrected chi connectivity index (χ1v) is 21.2. The van der Waals surface area contributed by atoms with Gasteiger partial charge in [-0.3, -0.25) is 39.6 Å². The van der Waals surface area contributed by atoms with E-state index in [0.29, 0.717) is 6.42 Å². The van der Waals surface area contributed by atoms with Crippen molar-refractivity contribution in [1.29, 1.82) is 0 Å². The fourth-order valence-corrected chi connectivity index (χ4v) is 10.9. The van der Waals surface area contributed by atoms with Crippen LogP contribution >= 0.6 is 0 Å². The van der Waals surface area contributed by atoms with Gasteiger partial charge in [-0.05, 0) is 64.2 Å². The van der Waals surface area contributed by atoms with Crippen molar-refractivity contribution in [3.63, 3.8) is 0 Å². The third kappa shape index (κ3) is 7.43. The molecule has 49 heavy (non-hydrogen) atoms. The molecule has 0 aromatic heterocycles. The summed E-state index contributed by atoms with van der Waals surface area (Å²) in [6.07, 6.45) is 29.3. The summed E-state index contributed by atoms with van der Waals surface area (Å²) in [5, 5.41) is 7.55. The van der Waals surface area contributed by atoms with Crippen molar-refractivity contribution in [2.24, 2.45) is 0 Å². The molecule has 4 saturated carbocycles. The number of hydrogen-bond donors (Lipinski definition) is 2. The van der Waals surface area contributed by atoms with Crippen molar-refractivity contribution in [3.8, 4) is 0 Å². The van der Waals surface area contributed by atoms with Crippen LogP contribution in [0.1, 0.15) is 206 Å². The monoisotopic (exact) mass is 681 g/mol. The molecule has 0 aromatic rings. The van der Waals surface area contributed by atoms with Gasteiger partial charge in [-0.25, -0.2) is 0 Å².